The minimum Gasteiger partial charge on any atom is -0.448 e. The molecule has 4 nitrogen and oxygen atoms in total. The number of hydrogen-bond donors (Lipinski definition) is 1. The summed E-state index contributed by atoms with van der Waals surface area (Å²) >= 11 is 1.27. The molecule has 21 heavy (non-hydrogen) atoms. The van der Waals surface area contributed by atoms with Crippen LogP contribution in [0.2, 0.25) is 0 Å². The Kier molecular flexibility index (Phi) is 4.70. The average molecular weight is 307 g/mol. The molecule has 2 aromatic rings. The summed E-state index contributed by atoms with van der Waals surface area (Å²) in [6.45, 7) is 3.29. The van der Waals surface area contributed by atoms with E-state index < -0.39 is 18.0 Å². The highest BCUT2D eigenvalue weighted by Crippen LogP contribution is 2.17. The van der Waals surface area contributed by atoms with E-state index in [-0.39, 0.29) is 5.82 Å². The van der Waals surface area contributed by atoms with Crippen molar-refractivity contribution in [3.63, 3.8) is 0 Å². The third-order valence-corrected chi connectivity index (χ3v) is 3.81. The van der Waals surface area contributed by atoms with Crippen LogP contribution in [0.25, 0.3) is 0 Å². The first kappa shape index (κ1) is 15.2. The maximum atomic E-state index is 12.8. The van der Waals surface area contributed by atoms with Gasteiger partial charge in [-0.1, -0.05) is 0 Å². The molecule has 1 heterocycles. The van der Waals surface area contributed by atoms with Crippen molar-refractivity contribution < 1.29 is 18.7 Å². The van der Waals surface area contributed by atoms with Crippen molar-refractivity contribution >= 4 is 28.9 Å². The molecule has 0 aliphatic carbocycles. The lowest BCUT2D eigenvalue weighted by Gasteiger charge is -2.13. The third-order valence-electron chi connectivity index (χ3n) is 2.81. The van der Waals surface area contributed by atoms with Crippen molar-refractivity contribution in [3.8, 4) is 0 Å². The summed E-state index contributed by atoms with van der Waals surface area (Å²) in [6.07, 6.45) is -0.941. The molecule has 0 aliphatic heterocycles. The first-order valence-corrected chi connectivity index (χ1v) is 7.17. The second-order valence-corrected chi connectivity index (χ2v) is 5.39. The summed E-state index contributed by atoms with van der Waals surface area (Å²) in [4.78, 5) is 24.3. The first-order chi connectivity index (χ1) is 9.97. The van der Waals surface area contributed by atoms with E-state index in [1.54, 1.807) is 12.3 Å². The van der Waals surface area contributed by atoms with E-state index in [4.69, 9.17) is 4.74 Å². The van der Waals surface area contributed by atoms with Crippen molar-refractivity contribution in [1.29, 1.82) is 0 Å². The van der Waals surface area contributed by atoms with Gasteiger partial charge >= 0.3 is 5.97 Å². The van der Waals surface area contributed by atoms with Crippen molar-refractivity contribution in [3.05, 3.63) is 52.0 Å². The van der Waals surface area contributed by atoms with Crippen molar-refractivity contribution in [2.24, 2.45) is 0 Å². The molecule has 1 N–H and O–H groups in total. The van der Waals surface area contributed by atoms with Crippen LogP contribution in [0.3, 0.4) is 0 Å². The number of esters is 1. The van der Waals surface area contributed by atoms with Crippen LogP contribution in [0.4, 0.5) is 10.1 Å². The van der Waals surface area contributed by atoms with Crippen LogP contribution < -0.4 is 5.32 Å². The smallest absolute Gasteiger partial charge is 0.349 e. The fourth-order valence-corrected chi connectivity index (χ4v) is 2.43. The Balaban J connectivity index is 1.95. The Hall–Kier alpha value is -2.21. The van der Waals surface area contributed by atoms with Crippen molar-refractivity contribution in [2.75, 3.05) is 5.32 Å². The number of carbonyl (C=O) groups excluding carboxylic acids is 2. The lowest BCUT2D eigenvalue weighted by atomic mass is 10.3. The lowest BCUT2D eigenvalue weighted by Crippen LogP contribution is -2.29. The molecule has 0 spiro atoms. The van der Waals surface area contributed by atoms with Gasteiger partial charge in [-0.05, 0) is 55.1 Å². The van der Waals surface area contributed by atoms with Gasteiger partial charge in [0.25, 0.3) is 5.91 Å². The van der Waals surface area contributed by atoms with Gasteiger partial charge < -0.3 is 10.1 Å². The number of amides is 1. The van der Waals surface area contributed by atoms with Crippen LogP contribution >= 0.6 is 11.3 Å². The summed E-state index contributed by atoms with van der Waals surface area (Å²) in [5, 5.41) is 4.34. The average Bonchev–Trinajstić information content (AvgIpc) is 2.87. The zero-order valence-electron chi connectivity index (χ0n) is 11.6. The molecule has 0 saturated carbocycles. The summed E-state index contributed by atoms with van der Waals surface area (Å²) < 4.78 is 17.9. The number of aryl methyl sites for hydroxylation is 1. The van der Waals surface area contributed by atoms with E-state index in [2.05, 4.69) is 5.32 Å². The Morgan fingerprint density at radius 1 is 1.24 bits per heavy atom. The van der Waals surface area contributed by atoms with Gasteiger partial charge in [0, 0.05) is 5.69 Å². The highest BCUT2D eigenvalue weighted by molar-refractivity contribution is 7.12. The molecular weight excluding hydrogens is 293 g/mol. The zero-order chi connectivity index (χ0) is 15.4. The molecule has 2 rings (SSSR count). The molecule has 0 bridgehead atoms. The number of thiophene rings is 1. The highest BCUT2D eigenvalue weighted by atomic mass is 32.1. The van der Waals surface area contributed by atoms with Gasteiger partial charge in [0.2, 0.25) is 0 Å². The molecular formula is C15H14FNO3S. The monoisotopic (exact) mass is 307 g/mol. The number of carbonyl (C=O) groups is 2. The number of nitrogens with one attached hydrogen (secondary N) is 1. The van der Waals surface area contributed by atoms with Crippen LogP contribution in [-0.2, 0) is 9.53 Å². The van der Waals surface area contributed by atoms with Gasteiger partial charge in [0.15, 0.2) is 6.10 Å². The normalized spacial score (nSPS) is 11.8. The van der Waals surface area contributed by atoms with Gasteiger partial charge in [-0.25, -0.2) is 9.18 Å². The molecule has 1 aromatic carbocycles. The molecule has 0 saturated heterocycles. The maximum absolute atomic E-state index is 12.8. The predicted octanol–water partition coefficient (Wildman–Crippen LogP) is 3.38. The minimum absolute atomic E-state index is 0.388. The van der Waals surface area contributed by atoms with Crippen molar-refractivity contribution in [2.45, 2.75) is 20.0 Å². The second kappa shape index (κ2) is 6.49. The van der Waals surface area contributed by atoms with Gasteiger partial charge in [-0.2, -0.15) is 0 Å². The zero-order valence-corrected chi connectivity index (χ0v) is 12.4. The predicted molar refractivity (Wildman–Crippen MR) is 79.0 cm³/mol. The topological polar surface area (TPSA) is 55.4 Å². The van der Waals surface area contributed by atoms with Crippen LogP contribution in [0.15, 0.2) is 35.7 Å². The highest BCUT2D eigenvalue weighted by Gasteiger charge is 2.20. The van der Waals surface area contributed by atoms with E-state index in [1.807, 2.05) is 6.07 Å². The largest absolute Gasteiger partial charge is 0.448 e. The SMILES string of the molecule is Cc1ccsc1C(=O)O[C@H](C)C(=O)Nc1ccc(F)cc1. The van der Waals surface area contributed by atoms with E-state index >= 15 is 0 Å². The number of anilines is 1. The van der Waals surface area contributed by atoms with E-state index in [1.165, 1.54) is 42.5 Å². The molecule has 1 atom stereocenters. The van der Waals surface area contributed by atoms with Crippen LogP contribution in [0, 0.1) is 12.7 Å². The fraction of sp³-hybridized carbons (Fsp3) is 0.200. The Morgan fingerprint density at radius 2 is 1.90 bits per heavy atom. The van der Waals surface area contributed by atoms with Gasteiger partial charge in [0.05, 0.1) is 0 Å². The first-order valence-electron chi connectivity index (χ1n) is 6.29. The Bertz CT molecular complexity index is 651. The number of benzene rings is 1. The summed E-state index contributed by atoms with van der Waals surface area (Å²) in [5.74, 6) is -1.38. The van der Waals surface area contributed by atoms with Crippen LogP contribution in [0.5, 0.6) is 0 Å². The lowest BCUT2D eigenvalue weighted by molar-refractivity contribution is -0.123. The van der Waals surface area contributed by atoms with Crippen LogP contribution in [-0.4, -0.2) is 18.0 Å². The molecule has 0 fully saturated rings. The molecule has 110 valence electrons. The van der Waals surface area contributed by atoms with E-state index in [0.717, 1.165) is 5.56 Å². The quantitative estimate of drug-likeness (QED) is 0.881. The fourth-order valence-electron chi connectivity index (χ4n) is 1.63. The third kappa shape index (κ3) is 3.88. The second-order valence-electron chi connectivity index (χ2n) is 4.48. The number of halogens is 1. The summed E-state index contributed by atoms with van der Waals surface area (Å²) in [6, 6.07) is 7.16. The Labute approximate surface area is 125 Å². The standard InChI is InChI=1S/C15H14FNO3S/c1-9-7-8-21-13(9)15(19)20-10(2)14(18)17-12-5-3-11(16)4-6-12/h3-8,10H,1-2H3,(H,17,18)/t10-/m1/s1. The molecule has 1 aromatic heterocycles. The molecule has 0 unspecified atom stereocenters. The van der Waals surface area contributed by atoms with E-state index in [0.29, 0.717) is 10.6 Å². The number of ether oxygens (including phenoxy) is 1. The van der Waals surface area contributed by atoms with Crippen molar-refractivity contribution in [1.82, 2.24) is 0 Å². The molecule has 1 amide bonds. The summed E-state index contributed by atoms with van der Waals surface area (Å²) in [5.41, 5.74) is 1.26. The molecule has 6 heteroatoms. The van der Waals surface area contributed by atoms with Crippen LogP contribution in [0.1, 0.15) is 22.2 Å². The maximum Gasteiger partial charge on any atom is 0.349 e. The summed E-state index contributed by atoms with van der Waals surface area (Å²) in [7, 11) is 0. The number of hydrogen-bond acceptors (Lipinski definition) is 4. The van der Waals surface area contributed by atoms with Gasteiger partial charge in [0.1, 0.15) is 10.7 Å². The molecule has 0 aliphatic rings. The van der Waals surface area contributed by atoms with Gasteiger partial charge in [-0.3, -0.25) is 4.79 Å². The minimum atomic E-state index is -0.941. The van der Waals surface area contributed by atoms with E-state index in [9.17, 15) is 14.0 Å². The Morgan fingerprint density at radius 3 is 2.48 bits per heavy atom. The molecule has 0 radical (unpaired) electrons. The van der Waals surface area contributed by atoms with Gasteiger partial charge in [-0.15, -0.1) is 11.3 Å². The number of rotatable bonds is 4.